The number of rotatable bonds is 4. The summed E-state index contributed by atoms with van der Waals surface area (Å²) in [6, 6.07) is 1.09. The average Bonchev–Trinajstić information content (AvgIpc) is 2.48. The molecule has 0 bridgehead atoms. The van der Waals surface area contributed by atoms with Gasteiger partial charge in [0, 0.05) is 44.2 Å². The average molecular weight is 431 g/mol. The first-order chi connectivity index (χ1) is 11.1. The minimum atomic E-state index is -4.70. The maximum absolute atomic E-state index is 14.2. The van der Waals surface area contributed by atoms with Gasteiger partial charge in [0.2, 0.25) is 0 Å². The van der Waals surface area contributed by atoms with Gasteiger partial charge in [0.1, 0.15) is 5.82 Å². The monoisotopic (exact) mass is 430 g/mol. The number of nitrogens with one attached hydrogen (secondary N) is 1. The van der Waals surface area contributed by atoms with Gasteiger partial charge in [0.25, 0.3) is 0 Å². The second-order valence-electron chi connectivity index (χ2n) is 5.69. The third kappa shape index (κ3) is 7.09. The van der Waals surface area contributed by atoms with Crippen molar-refractivity contribution < 1.29 is 30.7 Å². The fourth-order valence-corrected chi connectivity index (χ4v) is 2.80. The van der Waals surface area contributed by atoms with Crippen molar-refractivity contribution in [3.63, 3.8) is 0 Å². The van der Waals surface area contributed by atoms with Crippen LogP contribution in [0.2, 0.25) is 0 Å². The molecule has 1 aliphatic heterocycles. The second-order valence-corrected chi connectivity index (χ2v) is 5.69. The Bertz CT molecular complexity index is 558. The molecule has 0 unspecified atom stereocenters. The first kappa shape index (κ1) is 25.2. The predicted octanol–water partition coefficient (Wildman–Crippen LogP) is 4.98. The summed E-state index contributed by atoms with van der Waals surface area (Å²) in [6.45, 7) is 1.88. The normalized spacial score (nSPS) is 17.2. The zero-order chi connectivity index (χ0) is 18.0. The van der Waals surface area contributed by atoms with E-state index in [0.717, 1.165) is 6.07 Å². The smallest absolute Gasteiger partial charge is 0.314 e. The summed E-state index contributed by atoms with van der Waals surface area (Å²) in [5.74, 6) is -1.13. The first-order valence-corrected chi connectivity index (χ1v) is 7.46. The molecular weight excluding hydrogens is 412 g/mol. The molecule has 1 aromatic rings. The number of benzene rings is 1. The SMILES string of the molecule is Cl.Cl.Fc1cc(C(F)(F)F)ccc1[C@H](CCC(F)(F)F)N1CCNCC1. The zero-order valence-electron chi connectivity index (χ0n) is 13.5. The Labute approximate surface area is 158 Å². The van der Waals surface area contributed by atoms with Crippen LogP contribution in [0.4, 0.5) is 30.7 Å². The van der Waals surface area contributed by atoms with E-state index in [4.69, 9.17) is 0 Å². The molecule has 1 aromatic carbocycles. The van der Waals surface area contributed by atoms with Crippen LogP contribution in [0, 0.1) is 5.82 Å². The van der Waals surface area contributed by atoms with E-state index in [1.165, 1.54) is 0 Å². The van der Waals surface area contributed by atoms with E-state index >= 15 is 0 Å². The lowest BCUT2D eigenvalue weighted by Gasteiger charge is -2.35. The van der Waals surface area contributed by atoms with Gasteiger partial charge in [0.15, 0.2) is 0 Å². The predicted molar refractivity (Wildman–Crippen MR) is 88.4 cm³/mol. The molecular formula is C15H19Cl2F7N2. The molecule has 1 atom stereocenters. The Balaban J connectivity index is 0.00000312. The largest absolute Gasteiger partial charge is 0.416 e. The van der Waals surface area contributed by atoms with Crippen molar-refractivity contribution in [2.75, 3.05) is 26.2 Å². The van der Waals surface area contributed by atoms with Crippen LogP contribution in [0.15, 0.2) is 18.2 Å². The molecule has 0 aromatic heterocycles. The Hall–Kier alpha value is -0.770. The van der Waals surface area contributed by atoms with Crippen molar-refractivity contribution in [2.45, 2.75) is 31.2 Å². The van der Waals surface area contributed by atoms with Gasteiger partial charge in [-0.15, -0.1) is 24.8 Å². The van der Waals surface area contributed by atoms with E-state index in [0.29, 0.717) is 38.3 Å². The molecule has 26 heavy (non-hydrogen) atoms. The lowest BCUT2D eigenvalue weighted by molar-refractivity contribution is -0.138. The molecule has 1 N–H and O–H groups in total. The van der Waals surface area contributed by atoms with Crippen LogP contribution in [0.25, 0.3) is 0 Å². The van der Waals surface area contributed by atoms with Crippen molar-refractivity contribution >= 4 is 24.8 Å². The number of hydrogen-bond donors (Lipinski definition) is 1. The maximum Gasteiger partial charge on any atom is 0.416 e. The zero-order valence-corrected chi connectivity index (χ0v) is 15.1. The van der Waals surface area contributed by atoms with Crippen LogP contribution in [-0.2, 0) is 6.18 Å². The van der Waals surface area contributed by atoms with Gasteiger partial charge in [0.05, 0.1) is 5.56 Å². The fraction of sp³-hybridized carbons (Fsp3) is 0.600. The van der Waals surface area contributed by atoms with Crippen LogP contribution in [0.3, 0.4) is 0 Å². The Morgan fingerprint density at radius 3 is 2.04 bits per heavy atom. The molecule has 0 spiro atoms. The van der Waals surface area contributed by atoms with E-state index < -0.39 is 42.6 Å². The highest BCUT2D eigenvalue weighted by atomic mass is 35.5. The highest BCUT2D eigenvalue weighted by molar-refractivity contribution is 5.85. The van der Waals surface area contributed by atoms with Gasteiger partial charge in [-0.2, -0.15) is 26.3 Å². The molecule has 11 heteroatoms. The molecule has 1 aliphatic rings. The fourth-order valence-electron chi connectivity index (χ4n) is 2.80. The van der Waals surface area contributed by atoms with Crippen LogP contribution in [0.5, 0.6) is 0 Å². The molecule has 1 heterocycles. The quantitative estimate of drug-likeness (QED) is 0.677. The molecule has 0 saturated carbocycles. The van der Waals surface area contributed by atoms with Crippen LogP contribution < -0.4 is 5.32 Å². The number of alkyl halides is 6. The molecule has 1 saturated heterocycles. The molecule has 2 rings (SSSR count). The standard InChI is InChI=1S/C15H17F7N2.2ClH/c16-12-9-10(15(20,21)22)1-2-11(12)13(3-4-14(17,18)19)24-7-5-23-6-8-24;;/h1-2,9,13,23H,3-8H2;2*1H/t13-;;/m0../s1. The van der Waals surface area contributed by atoms with Gasteiger partial charge in [-0.1, -0.05) is 6.07 Å². The van der Waals surface area contributed by atoms with Crippen molar-refractivity contribution in [3.05, 3.63) is 35.1 Å². The van der Waals surface area contributed by atoms with Crippen LogP contribution >= 0.6 is 24.8 Å². The van der Waals surface area contributed by atoms with Crippen LogP contribution in [0.1, 0.15) is 30.0 Å². The lowest BCUT2D eigenvalue weighted by Crippen LogP contribution is -2.45. The number of nitrogens with zero attached hydrogens (tertiary/aromatic N) is 1. The Morgan fingerprint density at radius 2 is 1.58 bits per heavy atom. The van der Waals surface area contributed by atoms with Crippen molar-refractivity contribution in [1.82, 2.24) is 10.2 Å². The summed E-state index contributed by atoms with van der Waals surface area (Å²) >= 11 is 0. The van der Waals surface area contributed by atoms with E-state index in [9.17, 15) is 30.7 Å². The molecule has 0 amide bonds. The number of piperazine rings is 1. The van der Waals surface area contributed by atoms with Gasteiger partial charge in [-0.3, -0.25) is 4.90 Å². The highest BCUT2D eigenvalue weighted by Crippen LogP contribution is 2.36. The minimum absolute atomic E-state index is 0. The molecule has 0 radical (unpaired) electrons. The topological polar surface area (TPSA) is 15.3 Å². The van der Waals surface area contributed by atoms with E-state index in [2.05, 4.69) is 5.32 Å². The number of halogens is 9. The van der Waals surface area contributed by atoms with Crippen molar-refractivity contribution in [1.29, 1.82) is 0 Å². The minimum Gasteiger partial charge on any atom is -0.314 e. The number of hydrogen-bond acceptors (Lipinski definition) is 2. The molecule has 152 valence electrons. The van der Waals surface area contributed by atoms with E-state index in [1.807, 2.05) is 0 Å². The maximum atomic E-state index is 14.2. The second kappa shape index (κ2) is 9.96. The summed E-state index contributed by atoms with van der Waals surface area (Å²) in [4.78, 5) is 1.67. The van der Waals surface area contributed by atoms with Gasteiger partial charge >= 0.3 is 12.4 Å². The lowest BCUT2D eigenvalue weighted by atomic mass is 9.97. The first-order valence-electron chi connectivity index (χ1n) is 7.46. The summed E-state index contributed by atoms with van der Waals surface area (Å²) in [6.07, 6.45) is -10.6. The summed E-state index contributed by atoms with van der Waals surface area (Å²) < 4.78 is 89.7. The summed E-state index contributed by atoms with van der Waals surface area (Å²) in [7, 11) is 0. The van der Waals surface area contributed by atoms with Crippen molar-refractivity contribution in [3.8, 4) is 0 Å². The third-order valence-corrected chi connectivity index (χ3v) is 3.98. The van der Waals surface area contributed by atoms with Gasteiger partial charge in [-0.05, 0) is 18.6 Å². The van der Waals surface area contributed by atoms with E-state index in [-0.39, 0.29) is 30.4 Å². The molecule has 2 nitrogen and oxygen atoms in total. The van der Waals surface area contributed by atoms with E-state index in [1.54, 1.807) is 4.90 Å². The summed E-state index contributed by atoms with van der Waals surface area (Å²) in [5, 5.41) is 3.03. The highest BCUT2D eigenvalue weighted by Gasteiger charge is 2.34. The van der Waals surface area contributed by atoms with Crippen LogP contribution in [-0.4, -0.2) is 37.3 Å². The van der Waals surface area contributed by atoms with Gasteiger partial charge in [-0.25, -0.2) is 4.39 Å². The summed E-state index contributed by atoms with van der Waals surface area (Å²) in [5.41, 5.74) is -1.28. The molecule has 0 aliphatic carbocycles. The van der Waals surface area contributed by atoms with Crippen molar-refractivity contribution in [2.24, 2.45) is 0 Å². The Kier molecular flexibility index (Phi) is 9.67. The third-order valence-electron chi connectivity index (χ3n) is 3.98. The Morgan fingerprint density at radius 1 is 1.00 bits per heavy atom. The molecule has 1 fully saturated rings. The van der Waals surface area contributed by atoms with Gasteiger partial charge < -0.3 is 5.32 Å².